The van der Waals surface area contributed by atoms with Crippen molar-refractivity contribution in [3.63, 3.8) is 0 Å². The molecule has 0 saturated carbocycles. The summed E-state index contributed by atoms with van der Waals surface area (Å²) < 4.78 is 31.3. The highest BCUT2D eigenvalue weighted by Crippen LogP contribution is 2.40. The number of phenols is 1. The summed E-state index contributed by atoms with van der Waals surface area (Å²) in [5, 5.41) is 10.4. The quantitative estimate of drug-likeness (QED) is 0.232. The smallest absolute Gasteiger partial charge is 0.296 e. The molecule has 18 heavy (non-hydrogen) atoms. The molecule has 0 aliphatic rings. The maximum absolute atomic E-state index is 11.2. The third-order valence-corrected chi connectivity index (χ3v) is 3.97. The second-order valence-corrected chi connectivity index (χ2v) is 5.55. The van der Waals surface area contributed by atoms with Crippen LogP contribution in [-0.4, -0.2) is 18.1 Å². The minimum Gasteiger partial charge on any atom is -0.505 e. The second kappa shape index (κ2) is 3.94. The molecule has 0 unspecified atom stereocenters. The molecule has 2 aromatic rings. The molecule has 0 spiro atoms. The third-order valence-electron chi connectivity index (χ3n) is 2.58. The van der Waals surface area contributed by atoms with Crippen LogP contribution in [0.15, 0.2) is 28.0 Å². The van der Waals surface area contributed by atoms with E-state index in [1.807, 2.05) is 0 Å². The van der Waals surface area contributed by atoms with Gasteiger partial charge in [-0.2, -0.15) is 8.42 Å². The lowest BCUT2D eigenvalue weighted by Gasteiger charge is -2.11. The highest BCUT2D eigenvalue weighted by atomic mass is 32.2. The van der Waals surface area contributed by atoms with Gasteiger partial charge in [-0.15, -0.1) is 12.6 Å². The van der Waals surface area contributed by atoms with Gasteiger partial charge in [-0.25, -0.2) is 0 Å². The number of hydrogen-bond donors (Lipinski definition) is 5. The van der Waals surface area contributed by atoms with E-state index in [2.05, 4.69) is 12.6 Å². The average Bonchev–Trinajstić information content (AvgIpc) is 2.26. The zero-order valence-corrected chi connectivity index (χ0v) is 10.7. The molecular formula is C10H10N2O4S2. The van der Waals surface area contributed by atoms with Gasteiger partial charge in [0.1, 0.15) is 10.6 Å². The molecule has 0 radical (unpaired) electrons. The average molecular weight is 286 g/mol. The van der Waals surface area contributed by atoms with Crippen molar-refractivity contribution in [2.45, 2.75) is 9.79 Å². The van der Waals surface area contributed by atoms with Gasteiger partial charge >= 0.3 is 0 Å². The molecule has 0 aromatic heterocycles. The van der Waals surface area contributed by atoms with Crippen LogP contribution < -0.4 is 11.5 Å². The fraction of sp³-hybridized carbons (Fsp3) is 0. The topological polar surface area (TPSA) is 127 Å². The molecule has 0 saturated heterocycles. The Balaban J connectivity index is 3.03. The SMILES string of the molecule is Nc1ccc2c(O)c(N)c(S(=O)(=O)O)cc2c1S. The largest absolute Gasteiger partial charge is 0.505 e. The highest BCUT2D eigenvalue weighted by molar-refractivity contribution is 7.86. The Labute approximate surface area is 108 Å². The number of fused-ring (bicyclic) bond motifs is 1. The zero-order chi connectivity index (χ0) is 13.7. The lowest BCUT2D eigenvalue weighted by atomic mass is 10.1. The van der Waals surface area contributed by atoms with Gasteiger partial charge in [0.2, 0.25) is 0 Å². The third kappa shape index (κ3) is 1.84. The summed E-state index contributed by atoms with van der Waals surface area (Å²) in [7, 11) is -4.54. The van der Waals surface area contributed by atoms with E-state index in [1.54, 1.807) is 0 Å². The number of anilines is 2. The summed E-state index contributed by atoms with van der Waals surface area (Å²) in [5.74, 6) is -0.435. The molecule has 0 fully saturated rings. The first-order valence-electron chi connectivity index (χ1n) is 4.73. The van der Waals surface area contributed by atoms with Crippen LogP contribution in [0.1, 0.15) is 0 Å². The van der Waals surface area contributed by atoms with Crippen LogP contribution in [0, 0.1) is 0 Å². The zero-order valence-electron chi connectivity index (χ0n) is 8.95. The first kappa shape index (κ1) is 12.8. The first-order chi connectivity index (χ1) is 8.23. The number of nitrogens with two attached hydrogens (primary N) is 2. The van der Waals surface area contributed by atoms with Gasteiger partial charge in [-0.1, -0.05) is 0 Å². The Morgan fingerprint density at radius 2 is 1.78 bits per heavy atom. The van der Waals surface area contributed by atoms with Crippen molar-refractivity contribution >= 4 is 44.9 Å². The van der Waals surface area contributed by atoms with E-state index in [1.165, 1.54) is 12.1 Å². The summed E-state index contributed by atoms with van der Waals surface area (Å²) in [6.45, 7) is 0. The van der Waals surface area contributed by atoms with Gasteiger partial charge in [0, 0.05) is 21.4 Å². The molecule has 0 aliphatic heterocycles. The van der Waals surface area contributed by atoms with Gasteiger partial charge < -0.3 is 16.6 Å². The number of benzene rings is 2. The van der Waals surface area contributed by atoms with Gasteiger partial charge in [-0.05, 0) is 18.2 Å². The molecule has 0 atom stereocenters. The fourth-order valence-electron chi connectivity index (χ4n) is 1.66. The molecule has 0 heterocycles. The van der Waals surface area contributed by atoms with Crippen molar-refractivity contribution in [1.82, 2.24) is 0 Å². The summed E-state index contributed by atoms with van der Waals surface area (Å²) in [6, 6.07) is 4.12. The van der Waals surface area contributed by atoms with Crippen molar-refractivity contribution in [1.29, 1.82) is 0 Å². The van der Waals surface area contributed by atoms with E-state index >= 15 is 0 Å². The second-order valence-electron chi connectivity index (χ2n) is 3.71. The van der Waals surface area contributed by atoms with Crippen LogP contribution in [-0.2, 0) is 10.1 Å². The van der Waals surface area contributed by atoms with Crippen molar-refractivity contribution in [2.24, 2.45) is 0 Å². The van der Waals surface area contributed by atoms with E-state index in [4.69, 9.17) is 16.0 Å². The van der Waals surface area contributed by atoms with Gasteiger partial charge in [-0.3, -0.25) is 4.55 Å². The van der Waals surface area contributed by atoms with Crippen LogP contribution in [0.5, 0.6) is 5.75 Å². The molecule has 2 aromatic carbocycles. The summed E-state index contributed by atoms with van der Waals surface area (Å²) >= 11 is 4.13. The molecule has 96 valence electrons. The molecule has 6 nitrogen and oxygen atoms in total. The van der Waals surface area contributed by atoms with Crippen molar-refractivity contribution in [3.8, 4) is 5.75 Å². The lowest BCUT2D eigenvalue weighted by molar-refractivity contribution is 0.473. The molecule has 0 amide bonds. The Kier molecular flexibility index (Phi) is 2.80. The minimum absolute atomic E-state index is 0.289. The van der Waals surface area contributed by atoms with Crippen LogP contribution in [0.4, 0.5) is 11.4 Å². The molecule has 0 aliphatic carbocycles. The lowest BCUT2D eigenvalue weighted by Crippen LogP contribution is -2.04. The number of hydrogen-bond acceptors (Lipinski definition) is 6. The van der Waals surface area contributed by atoms with Gasteiger partial charge in [0.05, 0.1) is 5.69 Å². The number of phenolic OH excluding ortho intramolecular Hbond substituents is 1. The summed E-state index contributed by atoms with van der Waals surface area (Å²) in [4.78, 5) is -0.277. The summed E-state index contributed by atoms with van der Waals surface area (Å²) in [6.07, 6.45) is 0. The normalized spacial score (nSPS) is 11.9. The molecule has 0 bridgehead atoms. The molecule has 6 N–H and O–H groups in total. The predicted octanol–water partition coefficient (Wildman–Crippen LogP) is 1.25. The number of nitrogen functional groups attached to an aromatic ring is 2. The first-order valence-corrected chi connectivity index (χ1v) is 6.62. The summed E-state index contributed by atoms with van der Waals surface area (Å²) in [5.41, 5.74) is 11.0. The standard InChI is InChI=1S/C10H10N2O4S2/c11-6-2-1-4-5(10(6)17)3-7(18(14,15)16)8(12)9(4)13/h1-3,13,17H,11-12H2,(H,14,15,16). The monoisotopic (exact) mass is 286 g/mol. The van der Waals surface area contributed by atoms with E-state index in [0.717, 1.165) is 6.07 Å². The van der Waals surface area contributed by atoms with Crippen molar-refractivity contribution in [2.75, 3.05) is 11.5 Å². The minimum atomic E-state index is -4.54. The Morgan fingerprint density at radius 1 is 1.17 bits per heavy atom. The van der Waals surface area contributed by atoms with E-state index < -0.39 is 26.5 Å². The van der Waals surface area contributed by atoms with Crippen LogP contribution in [0.3, 0.4) is 0 Å². The Morgan fingerprint density at radius 3 is 2.33 bits per heavy atom. The maximum atomic E-state index is 11.2. The fourth-order valence-corrected chi connectivity index (χ4v) is 2.56. The van der Waals surface area contributed by atoms with Crippen LogP contribution in [0.25, 0.3) is 10.8 Å². The predicted molar refractivity (Wildman–Crippen MR) is 71.5 cm³/mol. The Hall–Kier alpha value is -1.64. The maximum Gasteiger partial charge on any atom is 0.296 e. The Bertz CT molecular complexity index is 756. The number of aromatic hydroxyl groups is 1. The van der Waals surface area contributed by atoms with Crippen molar-refractivity contribution in [3.05, 3.63) is 18.2 Å². The highest BCUT2D eigenvalue weighted by Gasteiger charge is 2.20. The molecule has 2 rings (SSSR count). The number of thiol groups is 1. The van der Waals surface area contributed by atoms with E-state index in [0.29, 0.717) is 16.0 Å². The van der Waals surface area contributed by atoms with E-state index in [-0.39, 0.29) is 5.39 Å². The van der Waals surface area contributed by atoms with Crippen LogP contribution in [0.2, 0.25) is 0 Å². The van der Waals surface area contributed by atoms with Gasteiger partial charge in [0.15, 0.2) is 0 Å². The molecule has 8 heteroatoms. The molecular weight excluding hydrogens is 276 g/mol. The van der Waals surface area contributed by atoms with Crippen LogP contribution >= 0.6 is 12.6 Å². The number of rotatable bonds is 1. The van der Waals surface area contributed by atoms with E-state index in [9.17, 15) is 13.5 Å². The van der Waals surface area contributed by atoms with Crippen molar-refractivity contribution < 1.29 is 18.1 Å². The van der Waals surface area contributed by atoms with Gasteiger partial charge in [0.25, 0.3) is 10.1 Å².